The molecule has 1 aliphatic rings. The number of thioether (sulfide) groups is 2. The van der Waals surface area contributed by atoms with Crippen LogP contribution in [0.4, 0.5) is 4.79 Å². The molecule has 0 spiro atoms. The van der Waals surface area contributed by atoms with E-state index in [2.05, 4.69) is 10.1 Å². The first-order chi connectivity index (χ1) is 10.3. The largest absolute Gasteiger partial charge is 0.510 e. The highest BCUT2D eigenvalue weighted by Crippen LogP contribution is 2.33. The van der Waals surface area contributed by atoms with Crippen molar-refractivity contribution in [2.45, 2.75) is 35.7 Å². The Morgan fingerprint density at radius 3 is 2.55 bits per heavy atom. The zero-order valence-electron chi connectivity index (χ0n) is 11.6. The van der Waals surface area contributed by atoms with Crippen LogP contribution in [0.3, 0.4) is 0 Å². The number of carbonyl (C=O) groups is 2. The molecule has 0 aliphatic carbocycles. The number of amides is 1. The van der Waals surface area contributed by atoms with Crippen LogP contribution in [0.15, 0.2) is 0 Å². The molecule has 1 amide bonds. The molecule has 2 unspecified atom stereocenters. The molecular formula is C11H14Cl3NO4S3. The molecule has 5 nitrogen and oxygen atoms in total. The van der Waals surface area contributed by atoms with Gasteiger partial charge < -0.3 is 14.8 Å². The number of ether oxygens (including phenoxy) is 2. The van der Waals surface area contributed by atoms with Crippen LogP contribution in [0.25, 0.3) is 0 Å². The van der Waals surface area contributed by atoms with Gasteiger partial charge in [0.2, 0.25) is 11.5 Å². The number of nitrogens with one attached hydrogen (secondary N) is 1. The fourth-order valence-corrected chi connectivity index (χ4v) is 4.47. The van der Waals surface area contributed by atoms with Gasteiger partial charge in [-0.15, -0.1) is 11.8 Å². The van der Waals surface area contributed by atoms with Crippen molar-refractivity contribution in [3.05, 3.63) is 0 Å². The van der Waals surface area contributed by atoms with Gasteiger partial charge in [0.15, 0.2) is 4.84 Å². The van der Waals surface area contributed by atoms with Crippen molar-refractivity contribution in [2.75, 3.05) is 5.75 Å². The number of β-lactam (4-membered cyclic amide) rings is 1. The second-order valence-electron chi connectivity index (χ2n) is 4.13. The molecule has 0 saturated carbocycles. The van der Waals surface area contributed by atoms with E-state index in [9.17, 15) is 9.59 Å². The zero-order chi connectivity index (χ0) is 16.9. The van der Waals surface area contributed by atoms with Crippen molar-refractivity contribution in [3.8, 4) is 0 Å². The van der Waals surface area contributed by atoms with Crippen LogP contribution >= 0.6 is 70.5 Å². The van der Waals surface area contributed by atoms with Gasteiger partial charge in [0, 0.05) is 0 Å². The van der Waals surface area contributed by atoms with E-state index in [-0.39, 0.29) is 11.3 Å². The smallest absolute Gasteiger partial charge is 0.430 e. The lowest BCUT2D eigenvalue weighted by atomic mass is 9.96. The fourth-order valence-electron chi connectivity index (χ4n) is 1.58. The first-order valence-corrected chi connectivity index (χ1v) is 9.77. The van der Waals surface area contributed by atoms with Gasteiger partial charge in [-0.25, -0.2) is 4.79 Å². The van der Waals surface area contributed by atoms with E-state index >= 15 is 0 Å². The highest BCUT2D eigenvalue weighted by molar-refractivity contribution is 8.47. The molecule has 1 heterocycles. The number of thiocarbonyl (C=S) groups is 1. The van der Waals surface area contributed by atoms with Gasteiger partial charge in [0.1, 0.15) is 15.6 Å². The summed E-state index contributed by atoms with van der Waals surface area (Å²) in [4.78, 5) is 22.1. The molecule has 0 aromatic carbocycles. The van der Waals surface area contributed by atoms with E-state index in [0.29, 0.717) is 0 Å². The van der Waals surface area contributed by atoms with Crippen LogP contribution in [-0.2, 0) is 14.3 Å². The second kappa shape index (κ2) is 9.64. The number of hydrogen-bond acceptors (Lipinski definition) is 7. The molecule has 11 heteroatoms. The topological polar surface area (TPSA) is 64.6 Å². The van der Waals surface area contributed by atoms with Gasteiger partial charge in [-0.05, 0) is 12.7 Å². The Balaban J connectivity index is 2.49. The molecule has 4 atom stereocenters. The molecule has 1 rings (SSSR count). The normalized spacial score (nSPS) is 23.3. The molecule has 1 fully saturated rings. The van der Waals surface area contributed by atoms with Gasteiger partial charge in [0.05, 0.1) is 5.37 Å². The number of carbonyl (C=O) groups excluding carboxylic acids is 2. The number of halogens is 3. The third-order valence-corrected chi connectivity index (χ3v) is 6.32. The molecule has 0 bridgehead atoms. The highest BCUT2D eigenvalue weighted by Gasteiger charge is 2.46. The minimum absolute atomic E-state index is 0.211. The average molecular weight is 427 g/mol. The molecule has 0 aromatic heterocycles. The van der Waals surface area contributed by atoms with E-state index in [1.54, 1.807) is 6.92 Å². The van der Waals surface area contributed by atoms with E-state index in [1.807, 2.05) is 6.92 Å². The van der Waals surface area contributed by atoms with Crippen LogP contribution in [-0.4, -0.2) is 43.2 Å². The predicted octanol–water partition coefficient (Wildman–Crippen LogP) is 3.74. The third kappa shape index (κ3) is 6.13. The Bertz CT molecular complexity index is 441. The molecule has 1 saturated heterocycles. The molecular weight excluding hydrogens is 413 g/mol. The number of rotatable bonds is 6. The van der Waals surface area contributed by atoms with Crippen LogP contribution in [0, 0.1) is 5.92 Å². The maximum Gasteiger partial charge on any atom is 0.510 e. The Morgan fingerprint density at radius 2 is 2.05 bits per heavy atom. The van der Waals surface area contributed by atoms with Gasteiger partial charge >= 0.3 is 6.16 Å². The Morgan fingerprint density at radius 1 is 1.41 bits per heavy atom. The summed E-state index contributed by atoms with van der Waals surface area (Å²) in [7, 11) is 0. The monoisotopic (exact) mass is 425 g/mol. The van der Waals surface area contributed by atoms with Crippen molar-refractivity contribution >= 4 is 86.1 Å². The summed E-state index contributed by atoms with van der Waals surface area (Å²) < 4.78 is 10.4. The predicted molar refractivity (Wildman–Crippen MR) is 95.9 cm³/mol. The van der Waals surface area contributed by atoms with Crippen molar-refractivity contribution in [1.82, 2.24) is 5.32 Å². The van der Waals surface area contributed by atoms with Gasteiger partial charge in [0.25, 0.3) is 0 Å². The van der Waals surface area contributed by atoms with Crippen LogP contribution < -0.4 is 5.32 Å². The summed E-state index contributed by atoms with van der Waals surface area (Å²) >= 11 is 24.6. The van der Waals surface area contributed by atoms with E-state index in [4.69, 9.17) is 51.8 Å². The summed E-state index contributed by atoms with van der Waals surface area (Å²) in [6.45, 7) is 3.58. The first-order valence-electron chi connectivity index (χ1n) is 6.19. The van der Waals surface area contributed by atoms with Crippen molar-refractivity contribution < 1.29 is 19.1 Å². The zero-order valence-corrected chi connectivity index (χ0v) is 16.3. The molecule has 1 N–H and O–H groups in total. The van der Waals surface area contributed by atoms with E-state index < -0.39 is 28.6 Å². The summed E-state index contributed by atoms with van der Waals surface area (Å²) in [5, 5.41) is 2.48. The maximum atomic E-state index is 11.7. The average Bonchev–Trinajstić information content (AvgIpc) is 2.37. The Kier molecular flexibility index (Phi) is 8.96. The SMILES string of the molecule is CCSC(=S)S[C@H]1NC(=O)[C@@H]1C(C)OC(=O)OC(Cl)C(Cl)Cl. The quantitative estimate of drug-likeness (QED) is 0.300. The minimum Gasteiger partial charge on any atom is -0.430 e. The van der Waals surface area contributed by atoms with E-state index in [0.717, 1.165) is 9.28 Å². The maximum absolute atomic E-state index is 11.7. The van der Waals surface area contributed by atoms with Gasteiger partial charge in [-0.3, -0.25) is 4.79 Å². The lowest BCUT2D eigenvalue weighted by Crippen LogP contribution is -2.61. The first kappa shape index (κ1) is 20.4. The molecule has 0 radical (unpaired) electrons. The fraction of sp³-hybridized carbons (Fsp3) is 0.727. The molecule has 22 heavy (non-hydrogen) atoms. The molecule has 1 aliphatic heterocycles. The van der Waals surface area contributed by atoms with Crippen LogP contribution in [0.1, 0.15) is 13.8 Å². The second-order valence-corrected chi connectivity index (χ2v) is 9.34. The molecule has 126 valence electrons. The highest BCUT2D eigenvalue weighted by atomic mass is 35.5. The number of alkyl halides is 3. The van der Waals surface area contributed by atoms with Crippen molar-refractivity contribution in [3.63, 3.8) is 0 Å². The molecule has 0 aromatic rings. The van der Waals surface area contributed by atoms with Crippen molar-refractivity contribution in [1.29, 1.82) is 0 Å². The summed E-state index contributed by atoms with van der Waals surface area (Å²) in [6, 6.07) is 0. The van der Waals surface area contributed by atoms with Gasteiger partial charge in [-0.2, -0.15) is 0 Å². The summed E-state index contributed by atoms with van der Waals surface area (Å²) in [6.07, 6.45) is -1.73. The van der Waals surface area contributed by atoms with Crippen molar-refractivity contribution in [2.24, 2.45) is 5.92 Å². The Hall–Kier alpha value is 0.400. The summed E-state index contributed by atoms with van der Waals surface area (Å²) in [5.74, 6) is 0.131. The number of hydrogen-bond donors (Lipinski definition) is 1. The van der Waals surface area contributed by atoms with Crippen LogP contribution in [0.5, 0.6) is 0 Å². The van der Waals surface area contributed by atoms with E-state index in [1.165, 1.54) is 23.5 Å². The van der Waals surface area contributed by atoms with Gasteiger partial charge in [-0.1, -0.05) is 65.7 Å². The lowest BCUT2D eigenvalue weighted by molar-refractivity contribution is -0.137. The van der Waals surface area contributed by atoms with Crippen LogP contribution in [0.2, 0.25) is 0 Å². The third-order valence-electron chi connectivity index (χ3n) is 2.59. The summed E-state index contributed by atoms with van der Waals surface area (Å²) in [5.41, 5.74) is -1.23. The minimum atomic E-state index is -1.23. The lowest BCUT2D eigenvalue weighted by Gasteiger charge is -2.38. The standard InChI is InChI=1S/C11H14Cl3NO4S3/c1-3-21-11(20)22-9-5(8(16)15-9)4(2)18-10(17)19-7(14)6(12)13/h4-7,9H,3H2,1-2H3,(H,15,16)/t4?,5-,7?,9+/m0/s1. The Labute approximate surface area is 157 Å².